The van der Waals surface area contributed by atoms with Gasteiger partial charge in [-0.3, -0.25) is 9.89 Å². The third kappa shape index (κ3) is 3.21. The van der Waals surface area contributed by atoms with Gasteiger partial charge in [0.2, 0.25) is 0 Å². The van der Waals surface area contributed by atoms with Gasteiger partial charge in [0.05, 0.1) is 6.07 Å². The van der Waals surface area contributed by atoms with Crippen LogP contribution in [0.2, 0.25) is 0 Å². The molecule has 0 saturated heterocycles. The van der Waals surface area contributed by atoms with Gasteiger partial charge in [-0.25, -0.2) is 4.79 Å². The molecule has 7 heteroatoms. The summed E-state index contributed by atoms with van der Waals surface area (Å²) in [4.78, 5) is 25.2. The predicted molar refractivity (Wildman–Crippen MR) is 73.1 cm³/mol. The fourth-order valence-electron chi connectivity index (χ4n) is 2.57. The Labute approximate surface area is 122 Å². The predicted octanol–water partition coefficient (Wildman–Crippen LogP) is 1.25. The Hall–Kier alpha value is -2.36. The van der Waals surface area contributed by atoms with Crippen LogP contribution in [-0.4, -0.2) is 46.2 Å². The van der Waals surface area contributed by atoms with E-state index in [0.717, 1.165) is 19.3 Å². The van der Waals surface area contributed by atoms with E-state index in [1.807, 2.05) is 0 Å². The molecule has 0 radical (unpaired) electrons. The van der Waals surface area contributed by atoms with E-state index in [4.69, 9.17) is 4.74 Å². The smallest absolute Gasteiger partial charge is 0.356 e. The summed E-state index contributed by atoms with van der Waals surface area (Å²) >= 11 is 0. The minimum absolute atomic E-state index is 0.193. The summed E-state index contributed by atoms with van der Waals surface area (Å²) < 4.78 is 4.94. The first-order chi connectivity index (χ1) is 10.1. The minimum atomic E-state index is -0.768. The van der Waals surface area contributed by atoms with E-state index in [1.165, 1.54) is 17.2 Å². The number of H-pyrrole nitrogens is 1. The van der Waals surface area contributed by atoms with Crippen molar-refractivity contribution in [2.24, 2.45) is 0 Å². The second kappa shape index (κ2) is 6.39. The number of aromatic nitrogens is 2. The molecule has 0 unspecified atom stereocenters. The number of carbonyl (C=O) groups excluding carboxylic acids is 2. The lowest BCUT2D eigenvalue weighted by Crippen LogP contribution is -2.51. The van der Waals surface area contributed by atoms with Crippen LogP contribution in [0, 0.1) is 11.3 Å². The number of nitrogens with zero attached hydrogens (tertiary/aromatic N) is 3. The van der Waals surface area contributed by atoms with Crippen LogP contribution in [0.4, 0.5) is 0 Å². The highest BCUT2D eigenvalue weighted by Gasteiger charge is 2.39. The van der Waals surface area contributed by atoms with Crippen LogP contribution in [0.1, 0.15) is 42.6 Å². The second-order valence-corrected chi connectivity index (χ2v) is 5.20. The monoisotopic (exact) mass is 290 g/mol. The van der Waals surface area contributed by atoms with Crippen LogP contribution < -0.4 is 0 Å². The van der Waals surface area contributed by atoms with E-state index in [2.05, 4.69) is 16.3 Å². The molecule has 0 atom stereocenters. The number of hydrogen-bond donors (Lipinski definition) is 1. The molecule has 1 saturated carbocycles. The zero-order valence-electron chi connectivity index (χ0n) is 12.0. The van der Waals surface area contributed by atoms with Crippen molar-refractivity contribution in [1.82, 2.24) is 15.1 Å². The van der Waals surface area contributed by atoms with Crippen molar-refractivity contribution in [3.8, 4) is 6.07 Å². The van der Waals surface area contributed by atoms with Gasteiger partial charge in [0, 0.05) is 13.2 Å². The SMILES string of the molecule is CN(C(=O)COC(=O)c1ccn[nH]1)C1(C#N)CCCCC1. The molecule has 0 aromatic carbocycles. The number of rotatable bonds is 4. The van der Waals surface area contributed by atoms with Crippen molar-refractivity contribution in [1.29, 1.82) is 5.26 Å². The summed E-state index contributed by atoms with van der Waals surface area (Å²) in [6.07, 6.45) is 5.70. The van der Waals surface area contributed by atoms with Crippen molar-refractivity contribution in [2.75, 3.05) is 13.7 Å². The average Bonchev–Trinajstić information content (AvgIpc) is 3.06. The van der Waals surface area contributed by atoms with Crippen molar-refractivity contribution < 1.29 is 14.3 Å². The summed E-state index contributed by atoms with van der Waals surface area (Å²) in [6.45, 7) is -0.377. The van der Waals surface area contributed by atoms with Crippen molar-refractivity contribution in [2.45, 2.75) is 37.6 Å². The van der Waals surface area contributed by atoms with Crippen LogP contribution in [-0.2, 0) is 9.53 Å². The second-order valence-electron chi connectivity index (χ2n) is 5.20. The van der Waals surface area contributed by atoms with Gasteiger partial charge in [-0.2, -0.15) is 10.4 Å². The molecular formula is C14H18N4O3. The molecule has 2 rings (SSSR count). The van der Waals surface area contributed by atoms with Gasteiger partial charge in [0.25, 0.3) is 5.91 Å². The van der Waals surface area contributed by atoms with Crippen LogP contribution in [0.25, 0.3) is 0 Å². The van der Waals surface area contributed by atoms with Crippen molar-refractivity contribution in [3.63, 3.8) is 0 Å². The maximum absolute atomic E-state index is 12.2. The number of hydrogen-bond acceptors (Lipinski definition) is 5. The Kier molecular flexibility index (Phi) is 4.58. The number of likely N-dealkylation sites (N-methyl/N-ethyl adjacent to an activating group) is 1. The first-order valence-corrected chi connectivity index (χ1v) is 6.93. The number of nitrogens with one attached hydrogen (secondary N) is 1. The quantitative estimate of drug-likeness (QED) is 0.841. The summed E-state index contributed by atoms with van der Waals surface area (Å²) in [5.74, 6) is -1.00. The Morgan fingerprint density at radius 3 is 2.76 bits per heavy atom. The van der Waals surface area contributed by atoms with Crippen LogP contribution in [0.5, 0.6) is 0 Å². The largest absolute Gasteiger partial charge is 0.451 e. The van der Waals surface area contributed by atoms with E-state index in [9.17, 15) is 14.9 Å². The van der Waals surface area contributed by atoms with Gasteiger partial charge >= 0.3 is 5.97 Å². The van der Waals surface area contributed by atoms with Gasteiger partial charge in [-0.05, 0) is 18.9 Å². The highest BCUT2D eigenvalue weighted by Crippen LogP contribution is 2.32. The molecule has 1 N–H and O–H groups in total. The molecule has 1 aliphatic rings. The summed E-state index contributed by atoms with van der Waals surface area (Å²) in [5, 5.41) is 15.5. The maximum Gasteiger partial charge on any atom is 0.356 e. The van der Waals surface area contributed by atoms with Gasteiger partial charge in [0.1, 0.15) is 11.2 Å². The van der Waals surface area contributed by atoms with Gasteiger partial charge in [0.15, 0.2) is 6.61 Å². The van der Waals surface area contributed by atoms with Crippen molar-refractivity contribution >= 4 is 11.9 Å². The highest BCUT2D eigenvalue weighted by molar-refractivity contribution is 5.89. The Bertz CT molecular complexity index is 541. The fraction of sp³-hybridized carbons (Fsp3) is 0.571. The highest BCUT2D eigenvalue weighted by atomic mass is 16.5. The summed E-state index contributed by atoms with van der Waals surface area (Å²) in [6, 6.07) is 3.73. The normalized spacial score (nSPS) is 16.8. The van der Waals surface area contributed by atoms with E-state index in [0.29, 0.717) is 12.8 Å². The minimum Gasteiger partial charge on any atom is -0.451 e. The third-order valence-electron chi connectivity index (χ3n) is 3.95. The first-order valence-electron chi connectivity index (χ1n) is 6.93. The molecule has 1 heterocycles. The molecule has 21 heavy (non-hydrogen) atoms. The third-order valence-corrected chi connectivity index (χ3v) is 3.95. The molecule has 0 bridgehead atoms. The van der Waals surface area contributed by atoms with Gasteiger partial charge in [-0.15, -0.1) is 0 Å². The molecule has 1 amide bonds. The average molecular weight is 290 g/mol. The Morgan fingerprint density at radius 1 is 1.48 bits per heavy atom. The molecule has 1 aromatic heterocycles. The fourth-order valence-corrected chi connectivity index (χ4v) is 2.57. The summed E-state index contributed by atoms with van der Waals surface area (Å²) in [5.41, 5.74) is -0.575. The summed E-state index contributed by atoms with van der Waals surface area (Å²) in [7, 11) is 1.60. The molecule has 112 valence electrons. The van der Waals surface area contributed by atoms with Gasteiger partial charge in [-0.1, -0.05) is 19.3 Å². The first kappa shape index (κ1) is 15.0. The van der Waals surface area contributed by atoms with Crippen molar-refractivity contribution in [3.05, 3.63) is 18.0 Å². The van der Waals surface area contributed by atoms with Crippen LogP contribution >= 0.6 is 0 Å². The van der Waals surface area contributed by atoms with E-state index in [-0.39, 0.29) is 18.2 Å². The zero-order chi connectivity index (χ0) is 15.3. The van der Waals surface area contributed by atoms with Crippen LogP contribution in [0.3, 0.4) is 0 Å². The van der Waals surface area contributed by atoms with Gasteiger partial charge < -0.3 is 9.64 Å². The Morgan fingerprint density at radius 2 is 2.19 bits per heavy atom. The molecule has 1 aliphatic carbocycles. The lowest BCUT2D eigenvalue weighted by molar-refractivity contribution is -0.138. The number of esters is 1. The van der Waals surface area contributed by atoms with Crippen LogP contribution in [0.15, 0.2) is 12.3 Å². The molecule has 0 spiro atoms. The number of nitriles is 1. The molecular weight excluding hydrogens is 272 g/mol. The Balaban J connectivity index is 1.93. The maximum atomic E-state index is 12.2. The number of aromatic amines is 1. The lowest BCUT2D eigenvalue weighted by Gasteiger charge is -2.38. The van der Waals surface area contributed by atoms with E-state index in [1.54, 1.807) is 7.05 Å². The number of amides is 1. The topological polar surface area (TPSA) is 99.1 Å². The number of ether oxygens (including phenoxy) is 1. The molecule has 1 fully saturated rings. The van der Waals surface area contributed by atoms with E-state index >= 15 is 0 Å². The number of carbonyl (C=O) groups is 2. The lowest BCUT2D eigenvalue weighted by atomic mass is 9.81. The standard InChI is InChI=1S/C14H18N4O3/c1-18(14(10-15)6-3-2-4-7-14)12(19)9-21-13(20)11-5-8-16-17-11/h5,8H,2-4,6-7,9H2,1H3,(H,16,17). The molecule has 1 aromatic rings. The molecule has 0 aliphatic heterocycles. The zero-order valence-corrected chi connectivity index (χ0v) is 12.0. The molecule has 7 nitrogen and oxygen atoms in total. The van der Waals surface area contributed by atoms with E-state index < -0.39 is 11.5 Å².